The highest BCUT2D eigenvalue weighted by Gasteiger charge is 2.32. The van der Waals surface area contributed by atoms with E-state index in [1.807, 2.05) is 26.8 Å². The van der Waals surface area contributed by atoms with E-state index >= 15 is 0 Å². The first-order chi connectivity index (χ1) is 9.63. The Labute approximate surface area is 120 Å². The van der Waals surface area contributed by atoms with E-state index in [0.717, 1.165) is 18.2 Å². The fraction of sp³-hybridized carbons (Fsp3) is 0.500. The summed E-state index contributed by atoms with van der Waals surface area (Å²) in [6.07, 6.45) is -2.59. The van der Waals surface area contributed by atoms with Crippen molar-refractivity contribution in [1.29, 1.82) is 0 Å². The lowest BCUT2D eigenvalue weighted by molar-refractivity contribution is -0.137. The lowest BCUT2D eigenvalue weighted by Gasteiger charge is -2.19. The summed E-state index contributed by atoms with van der Waals surface area (Å²) in [6.45, 7) is 6.86. The number of hydrogen-bond acceptors (Lipinski definition) is 3. The fourth-order valence-electron chi connectivity index (χ4n) is 1.71. The van der Waals surface area contributed by atoms with Gasteiger partial charge in [0.2, 0.25) is 0 Å². The van der Waals surface area contributed by atoms with E-state index in [9.17, 15) is 13.2 Å². The van der Waals surface area contributed by atoms with Crippen LogP contribution in [0.15, 0.2) is 28.9 Å². The quantitative estimate of drug-likeness (QED) is 0.941. The molecule has 0 unspecified atom stereocenters. The molecule has 0 aliphatic carbocycles. The van der Waals surface area contributed by atoms with Gasteiger partial charge in [-0.15, -0.1) is 0 Å². The molecule has 0 radical (unpaired) electrons. The van der Waals surface area contributed by atoms with Gasteiger partial charge in [0.25, 0.3) is 0 Å². The maximum atomic E-state index is 12.5. The Morgan fingerprint density at radius 2 is 1.86 bits per heavy atom. The number of nitrogens with one attached hydrogen (secondary N) is 1. The van der Waals surface area contributed by atoms with E-state index in [-0.39, 0.29) is 12.1 Å². The third kappa shape index (κ3) is 4.63. The van der Waals surface area contributed by atoms with Crippen LogP contribution in [0.25, 0.3) is 0 Å². The molecule has 116 valence electrons. The topological polar surface area (TPSA) is 43.0 Å². The lowest BCUT2D eigenvalue weighted by Crippen LogP contribution is -2.34. The molecule has 0 saturated heterocycles. The number of alkyl halides is 3. The maximum Gasteiger partial charge on any atom is 0.419 e. The van der Waals surface area contributed by atoms with Crippen LogP contribution >= 0.6 is 0 Å². The van der Waals surface area contributed by atoms with Crippen molar-refractivity contribution in [1.82, 2.24) is 15.1 Å². The van der Waals surface area contributed by atoms with Crippen LogP contribution in [0.2, 0.25) is 0 Å². The second-order valence-corrected chi connectivity index (χ2v) is 5.90. The number of furan rings is 1. The first-order valence-corrected chi connectivity index (χ1v) is 6.56. The Hall–Kier alpha value is -1.76. The van der Waals surface area contributed by atoms with Crippen molar-refractivity contribution >= 4 is 0 Å². The summed E-state index contributed by atoms with van der Waals surface area (Å²) in [4.78, 5) is 0. The zero-order valence-corrected chi connectivity index (χ0v) is 12.2. The second-order valence-electron chi connectivity index (χ2n) is 5.90. The predicted octanol–water partition coefficient (Wildman–Crippen LogP) is 3.43. The summed E-state index contributed by atoms with van der Waals surface area (Å²) >= 11 is 0. The lowest BCUT2D eigenvalue weighted by atomic mass is 10.1. The zero-order valence-electron chi connectivity index (χ0n) is 12.2. The van der Waals surface area contributed by atoms with Crippen LogP contribution in [-0.4, -0.2) is 15.3 Å². The van der Waals surface area contributed by atoms with Gasteiger partial charge in [0.15, 0.2) is 0 Å². The molecule has 1 N–H and O–H groups in total. The van der Waals surface area contributed by atoms with E-state index in [1.165, 1.54) is 4.68 Å². The molecule has 2 aromatic rings. The van der Waals surface area contributed by atoms with Gasteiger partial charge in [0.05, 0.1) is 24.8 Å². The fourth-order valence-corrected chi connectivity index (χ4v) is 1.71. The van der Waals surface area contributed by atoms with E-state index < -0.39 is 11.7 Å². The van der Waals surface area contributed by atoms with Gasteiger partial charge >= 0.3 is 6.18 Å². The van der Waals surface area contributed by atoms with Crippen molar-refractivity contribution in [3.05, 3.63) is 41.6 Å². The largest absolute Gasteiger partial charge is 0.463 e. The molecule has 0 spiro atoms. The van der Waals surface area contributed by atoms with Crippen LogP contribution in [-0.2, 0) is 19.3 Å². The summed E-state index contributed by atoms with van der Waals surface area (Å²) < 4.78 is 44.2. The summed E-state index contributed by atoms with van der Waals surface area (Å²) in [5.74, 6) is 1.31. The van der Waals surface area contributed by atoms with Gasteiger partial charge in [-0.2, -0.15) is 18.3 Å². The van der Waals surface area contributed by atoms with E-state index in [4.69, 9.17) is 4.42 Å². The Balaban J connectivity index is 1.98. The van der Waals surface area contributed by atoms with Crippen molar-refractivity contribution in [3.8, 4) is 0 Å². The number of halogens is 3. The minimum atomic E-state index is -4.37. The molecule has 0 saturated carbocycles. The summed E-state index contributed by atoms with van der Waals surface area (Å²) in [6, 6.07) is 3.55. The first kappa shape index (κ1) is 15.6. The molecular formula is C14H18F3N3O. The predicted molar refractivity (Wildman–Crippen MR) is 71.6 cm³/mol. The van der Waals surface area contributed by atoms with Gasteiger partial charge in [-0.25, -0.2) is 0 Å². The third-order valence-corrected chi connectivity index (χ3v) is 2.79. The highest BCUT2D eigenvalue weighted by molar-refractivity contribution is 5.11. The Morgan fingerprint density at radius 1 is 1.19 bits per heavy atom. The number of nitrogens with zero attached hydrogens (tertiary/aromatic N) is 2. The van der Waals surface area contributed by atoms with Gasteiger partial charge < -0.3 is 9.73 Å². The van der Waals surface area contributed by atoms with Crippen molar-refractivity contribution in [2.45, 2.75) is 45.6 Å². The molecule has 21 heavy (non-hydrogen) atoms. The van der Waals surface area contributed by atoms with Crippen LogP contribution in [0.4, 0.5) is 13.2 Å². The molecule has 0 atom stereocenters. The van der Waals surface area contributed by atoms with Gasteiger partial charge in [0.1, 0.15) is 11.5 Å². The van der Waals surface area contributed by atoms with Gasteiger partial charge in [0, 0.05) is 11.7 Å². The minimum absolute atomic E-state index is 0.0312. The Kier molecular flexibility index (Phi) is 4.13. The van der Waals surface area contributed by atoms with Gasteiger partial charge in [-0.05, 0) is 32.9 Å². The van der Waals surface area contributed by atoms with Crippen LogP contribution in [0.3, 0.4) is 0 Å². The Morgan fingerprint density at radius 3 is 2.43 bits per heavy atom. The summed E-state index contributed by atoms with van der Waals surface area (Å²) in [5, 5.41) is 6.97. The van der Waals surface area contributed by atoms with Crippen LogP contribution in [0, 0.1) is 0 Å². The van der Waals surface area contributed by atoms with Crippen LogP contribution < -0.4 is 5.32 Å². The van der Waals surface area contributed by atoms with Crippen molar-refractivity contribution in [2.75, 3.05) is 0 Å². The first-order valence-electron chi connectivity index (χ1n) is 6.56. The molecule has 0 bridgehead atoms. The second kappa shape index (κ2) is 5.55. The van der Waals surface area contributed by atoms with Crippen molar-refractivity contribution < 1.29 is 17.6 Å². The molecule has 0 aliphatic heterocycles. The van der Waals surface area contributed by atoms with Crippen LogP contribution in [0.5, 0.6) is 0 Å². The summed E-state index contributed by atoms with van der Waals surface area (Å²) in [7, 11) is 0. The molecule has 0 aliphatic rings. The number of hydrogen-bond donors (Lipinski definition) is 1. The van der Waals surface area contributed by atoms with Gasteiger partial charge in [-0.3, -0.25) is 4.68 Å². The van der Waals surface area contributed by atoms with Crippen LogP contribution in [0.1, 0.15) is 37.9 Å². The summed E-state index contributed by atoms with van der Waals surface area (Å²) in [5.41, 5.74) is -0.792. The normalized spacial score (nSPS) is 12.9. The van der Waals surface area contributed by atoms with Crippen molar-refractivity contribution in [2.24, 2.45) is 0 Å². The molecule has 2 aromatic heterocycles. The molecule has 0 aromatic carbocycles. The smallest absolute Gasteiger partial charge is 0.419 e. The molecule has 0 amide bonds. The molecule has 2 heterocycles. The molecular weight excluding hydrogens is 283 g/mol. The molecule has 4 nitrogen and oxygen atoms in total. The molecule has 0 fully saturated rings. The number of rotatable bonds is 4. The highest BCUT2D eigenvalue weighted by atomic mass is 19.4. The zero-order chi connectivity index (χ0) is 15.7. The molecule has 7 heteroatoms. The maximum absolute atomic E-state index is 12.5. The average Bonchev–Trinajstić information content (AvgIpc) is 2.94. The monoisotopic (exact) mass is 301 g/mol. The number of aromatic nitrogens is 2. The minimum Gasteiger partial charge on any atom is -0.463 e. The standard InChI is InChI=1S/C14H18F3N3O/c1-13(2,3)18-7-11-4-5-12(21-11)9-20-8-10(6-19-20)14(15,16)17/h4-6,8,18H,7,9H2,1-3H3. The highest BCUT2D eigenvalue weighted by Crippen LogP contribution is 2.28. The van der Waals surface area contributed by atoms with E-state index in [0.29, 0.717) is 12.3 Å². The van der Waals surface area contributed by atoms with E-state index in [1.54, 1.807) is 6.07 Å². The van der Waals surface area contributed by atoms with Gasteiger partial charge in [-0.1, -0.05) is 0 Å². The average molecular weight is 301 g/mol. The Bertz CT molecular complexity index is 593. The third-order valence-electron chi connectivity index (χ3n) is 2.79. The van der Waals surface area contributed by atoms with Crippen molar-refractivity contribution in [3.63, 3.8) is 0 Å². The molecule has 2 rings (SSSR count). The van der Waals surface area contributed by atoms with E-state index in [2.05, 4.69) is 10.4 Å². The SMILES string of the molecule is CC(C)(C)NCc1ccc(Cn2cc(C(F)(F)F)cn2)o1.